The summed E-state index contributed by atoms with van der Waals surface area (Å²) in [5.74, 6) is -0.704. The van der Waals surface area contributed by atoms with E-state index in [1.807, 2.05) is 18.2 Å². The average Bonchev–Trinajstić information content (AvgIpc) is 2.86. The summed E-state index contributed by atoms with van der Waals surface area (Å²) in [5, 5.41) is 13.7. The van der Waals surface area contributed by atoms with Crippen molar-refractivity contribution < 1.29 is 9.90 Å². The third-order valence-corrected chi connectivity index (χ3v) is 4.62. The Kier molecular flexibility index (Phi) is 2.78. The van der Waals surface area contributed by atoms with Crippen LogP contribution in [0.1, 0.15) is 37.7 Å². The van der Waals surface area contributed by atoms with Crippen LogP contribution in [0.4, 0.5) is 0 Å². The van der Waals surface area contributed by atoms with Crippen LogP contribution in [0.15, 0.2) is 18.2 Å². The summed E-state index contributed by atoms with van der Waals surface area (Å²) >= 11 is 1.34. The number of aliphatic carboxylic acids is 1. The highest BCUT2D eigenvalue weighted by Crippen LogP contribution is 2.40. The highest BCUT2D eigenvalue weighted by molar-refractivity contribution is 7.12. The molecule has 0 amide bonds. The van der Waals surface area contributed by atoms with E-state index in [9.17, 15) is 9.90 Å². The van der Waals surface area contributed by atoms with E-state index in [1.165, 1.54) is 11.5 Å². The molecule has 1 heterocycles. The first kappa shape index (κ1) is 11.6. The van der Waals surface area contributed by atoms with Crippen LogP contribution in [-0.2, 0) is 10.2 Å². The lowest BCUT2D eigenvalue weighted by Crippen LogP contribution is -2.37. The maximum atomic E-state index is 11.7. The fourth-order valence-electron chi connectivity index (χ4n) is 2.86. The van der Waals surface area contributed by atoms with E-state index >= 15 is 0 Å². The molecule has 2 aromatic rings. The summed E-state index contributed by atoms with van der Waals surface area (Å²) in [4.78, 5) is 11.7. The number of benzene rings is 1. The number of carbonyl (C=O) groups is 1. The zero-order valence-corrected chi connectivity index (χ0v) is 10.7. The largest absolute Gasteiger partial charge is 0.481 e. The van der Waals surface area contributed by atoms with E-state index in [-0.39, 0.29) is 0 Å². The molecule has 0 radical (unpaired) electrons. The molecule has 1 saturated carbocycles. The monoisotopic (exact) mass is 262 g/mol. The van der Waals surface area contributed by atoms with Crippen molar-refractivity contribution in [1.29, 1.82) is 0 Å². The number of rotatable bonds is 2. The summed E-state index contributed by atoms with van der Waals surface area (Å²) in [7, 11) is 0. The lowest BCUT2D eigenvalue weighted by molar-refractivity contribution is -0.145. The zero-order chi connectivity index (χ0) is 12.6. The number of carboxylic acids is 1. The summed E-state index contributed by atoms with van der Waals surface area (Å²) in [6, 6.07) is 5.77. The molecule has 18 heavy (non-hydrogen) atoms. The molecule has 3 rings (SSSR count). The van der Waals surface area contributed by atoms with Crippen LogP contribution in [0.3, 0.4) is 0 Å². The molecule has 0 aliphatic heterocycles. The summed E-state index contributed by atoms with van der Waals surface area (Å²) in [5.41, 5.74) is 0.981. The van der Waals surface area contributed by atoms with Gasteiger partial charge in [0.25, 0.3) is 0 Å². The Bertz CT molecular complexity index is 587. The quantitative estimate of drug-likeness (QED) is 0.903. The molecule has 1 aliphatic carbocycles. The fraction of sp³-hybridized carbons (Fsp3) is 0.462. The third kappa shape index (κ3) is 1.70. The smallest absolute Gasteiger partial charge is 0.314 e. The Hall–Kier alpha value is -1.49. The molecule has 0 spiro atoms. The minimum Gasteiger partial charge on any atom is -0.481 e. The van der Waals surface area contributed by atoms with Gasteiger partial charge in [-0.2, -0.15) is 0 Å². The SMILES string of the molecule is O=C(O)C1(c2ccc3snnc3c2)CCCCC1. The number of nitrogens with zero attached hydrogens (tertiary/aromatic N) is 2. The number of hydrogen-bond acceptors (Lipinski definition) is 4. The Morgan fingerprint density at radius 2 is 2.06 bits per heavy atom. The van der Waals surface area contributed by atoms with Crippen molar-refractivity contribution in [2.24, 2.45) is 0 Å². The number of carboxylic acid groups (broad SMARTS) is 1. The first-order valence-electron chi connectivity index (χ1n) is 6.18. The standard InChI is InChI=1S/C13H14N2O2S/c16-12(17)13(6-2-1-3-7-13)9-4-5-11-10(8-9)14-15-18-11/h4-5,8H,1-3,6-7H2,(H,16,17). The van der Waals surface area contributed by atoms with Crippen molar-refractivity contribution in [3.8, 4) is 0 Å². The van der Waals surface area contributed by atoms with E-state index in [2.05, 4.69) is 9.59 Å². The lowest BCUT2D eigenvalue weighted by atomic mass is 9.69. The average molecular weight is 262 g/mol. The van der Waals surface area contributed by atoms with E-state index < -0.39 is 11.4 Å². The molecule has 0 unspecified atom stereocenters. The number of fused-ring (bicyclic) bond motifs is 1. The lowest BCUT2D eigenvalue weighted by Gasteiger charge is -2.33. The molecule has 1 aromatic carbocycles. The van der Waals surface area contributed by atoms with Gasteiger partial charge in [-0.25, -0.2) is 0 Å². The maximum Gasteiger partial charge on any atom is 0.314 e. The highest BCUT2D eigenvalue weighted by atomic mass is 32.1. The molecule has 0 atom stereocenters. The van der Waals surface area contributed by atoms with Gasteiger partial charge in [0.05, 0.1) is 10.1 Å². The van der Waals surface area contributed by atoms with Crippen molar-refractivity contribution in [1.82, 2.24) is 9.59 Å². The second kappa shape index (κ2) is 4.31. The first-order valence-corrected chi connectivity index (χ1v) is 6.96. The molecule has 0 saturated heterocycles. The van der Waals surface area contributed by atoms with Crippen molar-refractivity contribution in [3.05, 3.63) is 23.8 Å². The highest BCUT2D eigenvalue weighted by Gasteiger charge is 2.41. The Morgan fingerprint density at radius 1 is 1.28 bits per heavy atom. The molecule has 1 aromatic heterocycles. The normalized spacial score (nSPS) is 18.9. The Morgan fingerprint density at radius 3 is 2.78 bits per heavy atom. The van der Waals surface area contributed by atoms with Gasteiger partial charge in [-0.3, -0.25) is 4.79 Å². The van der Waals surface area contributed by atoms with E-state index in [4.69, 9.17) is 0 Å². The second-order valence-corrected chi connectivity index (χ2v) is 5.69. The predicted octanol–water partition coefficient (Wildman–Crippen LogP) is 2.98. The van der Waals surface area contributed by atoms with Crippen molar-refractivity contribution in [2.45, 2.75) is 37.5 Å². The number of hydrogen-bond donors (Lipinski definition) is 1. The third-order valence-electron chi connectivity index (χ3n) is 3.92. The van der Waals surface area contributed by atoms with Gasteiger partial charge in [-0.1, -0.05) is 29.8 Å². The van der Waals surface area contributed by atoms with Crippen molar-refractivity contribution in [2.75, 3.05) is 0 Å². The Labute approximate surface area is 109 Å². The van der Waals surface area contributed by atoms with Crippen molar-refractivity contribution in [3.63, 3.8) is 0 Å². The molecule has 1 fully saturated rings. The molecule has 4 nitrogen and oxygen atoms in total. The number of aromatic nitrogens is 2. The van der Waals surface area contributed by atoms with Gasteiger partial charge >= 0.3 is 5.97 Å². The van der Waals surface area contributed by atoms with Gasteiger partial charge in [0.2, 0.25) is 0 Å². The van der Waals surface area contributed by atoms with Crippen LogP contribution in [0.5, 0.6) is 0 Å². The van der Waals surface area contributed by atoms with E-state index in [0.717, 1.165) is 47.9 Å². The molecule has 5 heteroatoms. The maximum absolute atomic E-state index is 11.7. The van der Waals surface area contributed by atoms with Gasteiger partial charge in [-0.15, -0.1) is 5.10 Å². The molecule has 1 N–H and O–H groups in total. The molecular weight excluding hydrogens is 248 g/mol. The minimum absolute atomic E-state index is 0.704. The zero-order valence-electron chi connectivity index (χ0n) is 9.93. The first-order chi connectivity index (χ1) is 8.72. The van der Waals surface area contributed by atoms with Crippen LogP contribution in [0.2, 0.25) is 0 Å². The van der Waals surface area contributed by atoms with Crippen LogP contribution in [0.25, 0.3) is 10.2 Å². The summed E-state index contributed by atoms with van der Waals surface area (Å²) in [6.45, 7) is 0. The van der Waals surface area contributed by atoms with Gasteiger partial charge in [0.1, 0.15) is 5.52 Å². The van der Waals surface area contributed by atoms with Gasteiger partial charge < -0.3 is 5.11 Å². The minimum atomic E-state index is -0.712. The van der Waals surface area contributed by atoms with Crippen LogP contribution in [0, 0.1) is 0 Å². The van der Waals surface area contributed by atoms with E-state index in [0.29, 0.717) is 0 Å². The molecule has 94 valence electrons. The summed E-state index contributed by atoms with van der Waals surface area (Å²) < 4.78 is 4.91. The van der Waals surface area contributed by atoms with Crippen LogP contribution < -0.4 is 0 Å². The molecular formula is C13H14N2O2S. The van der Waals surface area contributed by atoms with Crippen LogP contribution in [-0.4, -0.2) is 20.7 Å². The van der Waals surface area contributed by atoms with Crippen LogP contribution >= 0.6 is 11.5 Å². The topological polar surface area (TPSA) is 63.1 Å². The Balaban J connectivity index is 2.11. The van der Waals surface area contributed by atoms with Gasteiger partial charge in [-0.05, 0) is 42.1 Å². The van der Waals surface area contributed by atoms with Crippen molar-refractivity contribution >= 4 is 27.7 Å². The fourth-order valence-corrected chi connectivity index (χ4v) is 3.40. The van der Waals surface area contributed by atoms with Gasteiger partial charge in [0.15, 0.2) is 0 Å². The summed E-state index contributed by atoms with van der Waals surface area (Å²) in [6.07, 6.45) is 4.56. The predicted molar refractivity (Wildman–Crippen MR) is 69.8 cm³/mol. The second-order valence-electron chi connectivity index (χ2n) is 4.90. The van der Waals surface area contributed by atoms with E-state index in [1.54, 1.807) is 0 Å². The molecule has 0 bridgehead atoms. The molecule has 1 aliphatic rings. The van der Waals surface area contributed by atoms with Gasteiger partial charge in [0, 0.05) is 0 Å².